The van der Waals surface area contributed by atoms with Crippen LogP contribution in [0.4, 0.5) is 0 Å². The molecule has 0 spiro atoms. The molecule has 0 aromatic carbocycles. The number of ether oxygens (including phenoxy) is 2. The maximum absolute atomic E-state index is 12.7. The predicted octanol–water partition coefficient (Wildman–Crippen LogP) is 14.0. The molecule has 2 atom stereocenters. The van der Waals surface area contributed by atoms with Gasteiger partial charge in [0.25, 0.3) is 0 Å². The molecule has 0 aliphatic heterocycles. The topological polar surface area (TPSA) is 99.5 Å². The number of esters is 2. The zero-order valence-electron chi connectivity index (χ0n) is 42.1. The zero-order chi connectivity index (χ0) is 45.4. The molecule has 370 valence electrons. The van der Waals surface area contributed by atoms with Gasteiger partial charge >= 0.3 is 11.9 Å². The largest absolute Gasteiger partial charge is 0.465 e. The highest BCUT2D eigenvalue weighted by Gasteiger charge is 2.15. The maximum atomic E-state index is 12.7. The van der Waals surface area contributed by atoms with Gasteiger partial charge in [0.15, 0.2) is 0 Å². The van der Waals surface area contributed by atoms with E-state index in [0.717, 1.165) is 90.4 Å². The van der Waals surface area contributed by atoms with E-state index < -0.39 is 0 Å². The lowest BCUT2D eigenvalue weighted by Gasteiger charge is -2.27. The number of rotatable bonds is 51. The van der Waals surface area contributed by atoms with Crippen LogP contribution in [-0.2, 0) is 19.1 Å². The Labute approximate surface area is 386 Å². The van der Waals surface area contributed by atoms with Crippen molar-refractivity contribution in [1.29, 1.82) is 0 Å². The van der Waals surface area contributed by atoms with Gasteiger partial charge in [-0.2, -0.15) is 0 Å². The summed E-state index contributed by atoms with van der Waals surface area (Å²) in [5.41, 5.74) is 0. The highest BCUT2D eigenvalue weighted by atomic mass is 16.5. The molecular formula is C54H108N2O6. The Hall–Kier alpha value is -1.22. The van der Waals surface area contributed by atoms with Crippen LogP contribution in [0.2, 0.25) is 0 Å². The molecule has 0 amide bonds. The molecule has 0 aromatic rings. The van der Waals surface area contributed by atoms with E-state index >= 15 is 0 Å². The minimum Gasteiger partial charge on any atom is -0.465 e. The fraction of sp³-hybridized carbons (Fsp3) is 0.963. The summed E-state index contributed by atoms with van der Waals surface area (Å²) in [6.45, 7) is 15.6. The van der Waals surface area contributed by atoms with Crippen LogP contribution < -0.4 is 0 Å². The molecule has 8 heteroatoms. The summed E-state index contributed by atoms with van der Waals surface area (Å²) in [6.07, 6.45) is 42.7. The quantitative estimate of drug-likeness (QED) is 0.0460. The summed E-state index contributed by atoms with van der Waals surface area (Å²) < 4.78 is 11.7. The zero-order valence-corrected chi connectivity index (χ0v) is 42.1. The normalized spacial score (nSPS) is 12.7. The van der Waals surface area contributed by atoms with E-state index in [4.69, 9.17) is 9.47 Å². The lowest BCUT2D eigenvalue weighted by Crippen LogP contribution is -2.38. The molecule has 0 aromatic heterocycles. The van der Waals surface area contributed by atoms with Crippen LogP contribution in [-0.4, -0.2) is 97.6 Å². The monoisotopic (exact) mass is 881 g/mol. The first-order valence-corrected chi connectivity index (χ1v) is 27.4. The molecule has 0 saturated carbocycles. The third kappa shape index (κ3) is 42.7. The summed E-state index contributed by atoms with van der Waals surface area (Å²) in [5.74, 6) is 1.02. The predicted molar refractivity (Wildman–Crippen MR) is 265 cm³/mol. The van der Waals surface area contributed by atoms with Gasteiger partial charge in [0.2, 0.25) is 0 Å². The SMILES string of the molecule is CCCCCCCCC(CCCCCC)COC(=O)CCCCCCCN(CCCCCCCC(=O)OCC(CCCCCC)CCCCCCCC)CCN(CCO)CCO. The Morgan fingerprint density at radius 3 is 0.968 bits per heavy atom. The molecule has 0 saturated heterocycles. The van der Waals surface area contributed by atoms with Crippen molar-refractivity contribution in [3.8, 4) is 0 Å². The van der Waals surface area contributed by atoms with E-state index in [0.29, 0.717) is 51.0 Å². The van der Waals surface area contributed by atoms with E-state index in [1.807, 2.05) is 0 Å². The van der Waals surface area contributed by atoms with Gasteiger partial charge in [-0.25, -0.2) is 0 Å². The van der Waals surface area contributed by atoms with Gasteiger partial charge in [0.05, 0.1) is 26.4 Å². The summed E-state index contributed by atoms with van der Waals surface area (Å²) in [6, 6.07) is 0. The van der Waals surface area contributed by atoms with E-state index in [1.165, 1.54) is 154 Å². The van der Waals surface area contributed by atoms with Gasteiger partial charge in [-0.3, -0.25) is 14.5 Å². The highest BCUT2D eigenvalue weighted by molar-refractivity contribution is 5.69. The van der Waals surface area contributed by atoms with Crippen LogP contribution in [0.3, 0.4) is 0 Å². The number of unbranched alkanes of at least 4 members (excludes halogenated alkanes) is 24. The first-order chi connectivity index (χ1) is 30.4. The summed E-state index contributed by atoms with van der Waals surface area (Å²) in [7, 11) is 0. The van der Waals surface area contributed by atoms with E-state index in [9.17, 15) is 19.8 Å². The van der Waals surface area contributed by atoms with Gasteiger partial charge < -0.3 is 24.6 Å². The molecule has 0 fully saturated rings. The van der Waals surface area contributed by atoms with Crippen molar-refractivity contribution in [2.45, 2.75) is 259 Å². The second-order valence-corrected chi connectivity index (χ2v) is 19.1. The molecule has 0 aliphatic carbocycles. The maximum Gasteiger partial charge on any atom is 0.305 e. The van der Waals surface area contributed by atoms with Crippen molar-refractivity contribution >= 4 is 11.9 Å². The second kappa shape index (κ2) is 49.2. The van der Waals surface area contributed by atoms with Crippen LogP contribution in [0.1, 0.15) is 259 Å². The Morgan fingerprint density at radius 2 is 0.629 bits per heavy atom. The van der Waals surface area contributed by atoms with Crippen LogP contribution in [0.15, 0.2) is 0 Å². The number of aliphatic hydroxyl groups is 2. The fourth-order valence-electron chi connectivity index (χ4n) is 8.84. The van der Waals surface area contributed by atoms with Crippen LogP contribution >= 0.6 is 0 Å². The van der Waals surface area contributed by atoms with Crippen LogP contribution in [0.25, 0.3) is 0 Å². The van der Waals surface area contributed by atoms with E-state index in [-0.39, 0.29) is 25.2 Å². The third-order valence-corrected chi connectivity index (χ3v) is 13.1. The third-order valence-electron chi connectivity index (χ3n) is 13.1. The van der Waals surface area contributed by atoms with Crippen LogP contribution in [0, 0.1) is 11.8 Å². The number of hydrogen-bond donors (Lipinski definition) is 2. The van der Waals surface area contributed by atoms with Gasteiger partial charge in [-0.15, -0.1) is 0 Å². The van der Waals surface area contributed by atoms with Crippen LogP contribution in [0.5, 0.6) is 0 Å². The molecule has 0 radical (unpaired) electrons. The lowest BCUT2D eigenvalue weighted by molar-refractivity contribution is -0.146. The number of nitrogens with zero attached hydrogens (tertiary/aromatic N) is 2. The Balaban J connectivity index is 4.52. The average molecular weight is 881 g/mol. The van der Waals surface area contributed by atoms with Crippen molar-refractivity contribution in [1.82, 2.24) is 9.80 Å². The van der Waals surface area contributed by atoms with Crippen molar-refractivity contribution in [2.24, 2.45) is 11.8 Å². The average Bonchev–Trinajstić information content (AvgIpc) is 3.27. The molecule has 0 bridgehead atoms. The second-order valence-electron chi connectivity index (χ2n) is 19.1. The number of carbonyl (C=O) groups excluding carboxylic acids is 2. The minimum atomic E-state index is -0.0105. The van der Waals surface area contributed by atoms with Crippen molar-refractivity contribution < 1.29 is 29.3 Å². The number of aliphatic hydroxyl groups excluding tert-OH is 2. The Morgan fingerprint density at radius 1 is 0.355 bits per heavy atom. The standard InChI is InChI=1S/C54H108N2O6/c1-5-9-13-17-21-29-37-51(35-27-15-11-7-3)49-61-53(59)39-31-23-19-25-33-41-55(43-44-56(45-47-57)46-48-58)42-34-26-20-24-32-40-54(60)62-50-52(36-28-16-12-8-4)38-30-22-18-14-10-6-2/h51-52,57-58H,5-50H2,1-4H3. The van der Waals surface area contributed by atoms with Gasteiger partial charge in [0.1, 0.15) is 0 Å². The molecular weight excluding hydrogens is 773 g/mol. The molecule has 0 aliphatic rings. The minimum absolute atomic E-state index is 0.0105. The van der Waals surface area contributed by atoms with E-state index in [2.05, 4.69) is 37.5 Å². The summed E-state index contributed by atoms with van der Waals surface area (Å²) in [4.78, 5) is 30.0. The highest BCUT2D eigenvalue weighted by Crippen LogP contribution is 2.22. The Bertz CT molecular complexity index is 853. The Kier molecular flexibility index (Phi) is 48.3. The van der Waals surface area contributed by atoms with Crippen molar-refractivity contribution in [3.63, 3.8) is 0 Å². The summed E-state index contributed by atoms with van der Waals surface area (Å²) in [5, 5.41) is 19.0. The molecule has 2 unspecified atom stereocenters. The first-order valence-electron chi connectivity index (χ1n) is 27.4. The van der Waals surface area contributed by atoms with E-state index in [1.54, 1.807) is 0 Å². The molecule has 2 N–H and O–H groups in total. The lowest BCUT2D eigenvalue weighted by atomic mass is 9.95. The number of hydrogen-bond acceptors (Lipinski definition) is 8. The molecule has 0 heterocycles. The molecule has 8 nitrogen and oxygen atoms in total. The van der Waals surface area contributed by atoms with Crippen molar-refractivity contribution in [3.05, 3.63) is 0 Å². The molecule has 62 heavy (non-hydrogen) atoms. The van der Waals surface area contributed by atoms with Crippen molar-refractivity contribution in [2.75, 3.05) is 65.7 Å². The van der Waals surface area contributed by atoms with Gasteiger partial charge in [-0.05, 0) is 76.3 Å². The molecule has 0 rings (SSSR count). The fourth-order valence-corrected chi connectivity index (χ4v) is 8.84. The first kappa shape index (κ1) is 60.8. The van der Waals surface area contributed by atoms with Gasteiger partial charge in [-0.1, -0.05) is 195 Å². The smallest absolute Gasteiger partial charge is 0.305 e. The number of carbonyl (C=O) groups is 2. The summed E-state index contributed by atoms with van der Waals surface area (Å²) >= 11 is 0. The van der Waals surface area contributed by atoms with Gasteiger partial charge in [0, 0.05) is 39.0 Å².